The van der Waals surface area contributed by atoms with Crippen molar-refractivity contribution in [1.82, 2.24) is 29.8 Å². The van der Waals surface area contributed by atoms with E-state index in [2.05, 4.69) is 27.8 Å². The molecule has 9 heteroatoms. The number of carbonyl (C=O) groups is 2. The smallest absolute Gasteiger partial charge is 0.249 e. The van der Waals surface area contributed by atoms with Gasteiger partial charge in [-0.2, -0.15) is 0 Å². The number of para-hydroxylation sites is 1. The number of nitrogens with zero attached hydrogens (tertiary/aromatic N) is 5. The lowest BCUT2D eigenvalue weighted by molar-refractivity contribution is -0.141. The zero-order chi connectivity index (χ0) is 26.5. The third kappa shape index (κ3) is 5.78. The Morgan fingerprint density at radius 2 is 2.03 bits per heavy atom. The molecule has 3 heterocycles. The van der Waals surface area contributed by atoms with Crippen LogP contribution in [0.2, 0.25) is 0 Å². The molecule has 0 saturated carbocycles. The first-order valence-corrected chi connectivity index (χ1v) is 13.1. The van der Waals surface area contributed by atoms with E-state index in [-0.39, 0.29) is 24.5 Å². The standard InChI is InChI=1S/C29H34N6O3/c1-21-8-5-9-22(18-21)14-16-34(27(36)20-35-25-12-4-3-11-24(25)31-32-35)28(26-13-6-15-33(26)2)29(37)30-19-23-10-7-17-38-23/h3-6,8-9,11-13,15,18,23,28H,7,10,14,16-17,19-20H2,1-2H3,(H,30,37)/t23-,28+/m1/s1. The molecule has 2 aromatic carbocycles. The number of fused-ring (bicyclic) bond motifs is 1. The number of carbonyl (C=O) groups excluding carboxylic acids is 2. The topological polar surface area (TPSA) is 94.3 Å². The molecule has 0 bridgehead atoms. The van der Waals surface area contributed by atoms with Gasteiger partial charge in [0.05, 0.1) is 11.6 Å². The fraction of sp³-hybridized carbons (Fsp3) is 0.379. The molecule has 5 rings (SSSR count). The second kappa shape index (κ2) is 11.6. The Balaban J connectivity index is 1.45. The zero-order valence-corrected chi connectivity index (χ0v) is 21.9. The minimum Gasteiger partial charge on any atom is -0.376 e. The van der Waals surface area contributed by atoms with E-state index < -0.39 is 6.04 Å². The number of ether oxygens (including phenoxy) is 1. The number of hydrogen-bond acceptors (Lipinski definition) is 5. The van der Waals surface area contributed by atoms with Crippen LogP contribution in [0.5, 0.6) is 0 Å². The predicted octanol–water partition coefficient (Wildman–Crippen LogP) is 3.19. The fourth-order valence-electron chi connectivity index (χ4n) is 5.08. The van der Waals surface area contributed by atoms with Crippen molar-refractivity contribution in [2.45, 2.75) is 44.9 Å². The van der Waals surface area contributed by atoms with Gasteiger partial charge >= 0.3 is 0 Å². The van der Waals surface area contributed by atoms with Gasteiger partial charge in [0.15, 0.2) is 6.04 Å². The number of aryl methyl sites for hydroxylation is 2. The molecule has 0 radical (unpaired) electrons. The number of amides is 2. The average Bonchev–Trinajstić information content (AvgIpc) is 3.67. The van der Waals surface area contributed by atoms with Gasteiger partial charge in [0.1, 0.15) is 12.1 Å². The quantitative estimate of drug-likeness (QED) is 0.351. The van der Waals surface area contributed by atoms with Gasteiger partial charge in [-0.3, -0.25) is 9.59 Å². The van der Waals surface area contributed by atoms with E-state index in [1.807, 2.05) is 73.3 Å². The first-order valence-electron chi connectivity index (χ1n) is 13.1. The van der Waals surface area contributed by atoms with Gasteiger partial charge in [-0.25, -0.2) is 4.68 Å². The number of hydrogen-bond donors (Lipinski definition) is 1. The first kappa shape index (κ1) is 25.7. The van der Waals surface area contributed by atoms with E-state index in [1.54, 1.807) is 9.58 Å². The minimum atomic E-state index is -0.802. The second-order valence-corrected chi connectivity index (χ2v) is 9.89. The van der Waals surface area contributed by atoms with Crippen LogP contribution >= 0.6 is 0 Å². The summed E-state index contributed by atoms with van der Waals surface area (Å²) in [6.45, 7) is 3.54. The van der Waals surface area contributed by atoms with Crippen molar-refractivity contribution in [2.75, 3.05) is 19.7 Å². The summed E-state index contributed by atoms with van der Waals surface area (Å²) >= 11 is 0. The number of benzene rings is 2. The van der Waals surface area contributed by atoms with E-state index >= 15 is 0 Å². The average molecular weight is 515 g/mol. The van der Waals surface area contributed by atoms with Gasteiger partial charge < -0.3 is 19.5 Å². The van der Waals surface area contributed by atoms with Gasteiger partial charge in [0.2, 0.25) is 11.8 Å². The zero-order valence-electron chi connectivity index (χ0n) is 21.9. The Morgan fingerprint density at radius 3 is 2.79 bits per heavy atom. The van der Waals surface area contributed by atoms with E-state index in [9.17, 15) is 9.59 Å². The highest BCUT2D eigenvalue weighted by molar-refractivity contribution is 5.89. The minimum absolute atomic E-state index is 0.00553. The molecule has 9 nitrogen and oxygen atoms in total. The van der Waals surface area contributed by atoms with Crippen LogP contribution in [0.15, 0.2) is 66.9 Å². The van der Waals surface area contributed by atoms with Crippen molar-refractivity contribution in [3.63, 3.8) is 0 Å². The van der Waals surface area contributed by atoms with E-state index in [0.717, 1.165) is 47.3 Å². The summed E-state index contributed by atoms with van der Waals surface area (Å²) < 4.78 is 9.21. The summed E-state index contributed by atoms with van der Waals surface area (Å²) in [5.41, 5.74) is 4.51. The van der Waals surface area contributed by atoms with Gasteiger partial charge in [-0.05, 0) is 56.0 Å². The highest BCUT2D eigenvalue weighted by atomic mass is 16.5. The number of aromatic nitrogens is 4. The van der Waals surface area contributed by atoms with Crippen LogP contribution in [0.3, 0.4) is 0 Å². The van der Waals surface area contributed by atoms with Crippen molar-refractivity contribution < 1.29 is 14.3 Å². The molecule has 2 amide bonds. The lowest BCUT2D eigenvalue weighted by atomic mass is 10.1. The van der Waals surface area contributed by atoms with Crippen LogP contribution in [0.4, 0.5) is 0 Å². The normalized spacial score (nSPS) is 16.0. The van der Waals surface area contributed by atoms with Crippen molar-refractivity contribution >= 4 is 22.8 Å². The maximum Gasteiger partial charge on any atom is 0.249 e. The van der Waals surface area contributed by atoms with Gasteiger partial charge in [0.25, 0.3) is 0 Å². The second-order valence-electron chi connectivity index (χ2n) is 9.89. The molecule has 4 aromatic rings. The summed E-state index contributed by atoms with van der Waals surface area (Å²) in [6.07, 6.45) is 4.43. The molecule has 0 aliphatic carbocycles. The monoisotopic (exact) mass is 514 g/mol. The van der Waals surface area contributed by atoms with Crippen LogP contribution < -0.4 is 5.32 Å². The molecule has 1 aliphatic rings. The number of rotatable bonds is 10. The van der Waals surface area contributed by atoms with E-state index in [4.69, 9.17) is 4.74 Å². The third-order valence-corrected chi connectivity index (χ3v) is 7.10. The third-order valence-electron chi connectivity index (χ3n) is 7.10. The molecule has 38 heavy (non-hydrogen) atoms. The molecular formula is C29H34N6O3. The van der Waals surface area contributed by atoms with Crippen molar-refractivity contribution in [3.8, 4) is 0 Å². The molecule has 2 atom stereocenters. The maximum absolute atomic E-state index is 14.0. The summed E-state index contributed by atoms with van der Waals surface area (Å²) in [6, 6.07) is 18.8. The van der Waals surface area contributed by atoms with Crippen LogP contribution in [-0.4, -0.2) is 62.1 Å². The molecule has 1 N–H and O–H groups in total. The Kier molecular flexibility index (Phi) is 7.83. The molecule has 1 aliphatic heterocycles. The SMILES string of the molecule is Cc1cccc(CCN(C(=O)Cn2nnc3ccccc32)[C@H](C(=O)NC[C@H]2CCCO2)c2cccn2C)c1. The van der Waals surface area contributed by atoms with Gasteiger partial charge in [-0.1, -0.05) is 47.2 Å². The molecule has 2 aromatic heterocycles. The maximum atomic E-state index is 14.0. The van der Waals surface area contributed by atoms with Crippen molar-refractivity contribution in [1.29, 1.82) is 0 Å². The largest absolute Gasteiger partial charge is 0.376 e. The molecular weight excluding hydrogens is 480 g/mol. The van der Waals surface area contributed by atoms with Crippen molar-refractivity contribution in [3.05, 3.63) is 83.7 Å². The van der Waals surface area contributed by atoms with Crippen molar-refractivity contribution in [2.24, 2.45) is 7.05 Å². The molecule has 1 fully saturated rings. The summed E-state index contributed by atoms with van der Waals surface area (Å²) in [5.74, 6) is -0.421. The lowest BCUT2D eigenvalue weighted by Crippen LogP contribution is -2.47. The van der Waals surface area contributed by atoms with E-state index in [1.165, 1.54) is 0 Å². The van der Waals surface area contributed by atoms with Crippen LogP contribution in [0, 0.1) is 6.92 Å². The Morgan fingerprint density at radius 1 is 1.16 bits per heavy atom. The van der Waals surface area contributed by atoms with Crippen LogP contribution in [0.1, 0.15) is 35.7 Å². The first-order chi connectivity index (χ1) is 18.5. The fourth-order valence-corrected chi connectivity index (χ4v) is 5.08. The van der Waals surface area contributed by atoms with E-state index in [0.29, 0.717) is 19.5 Å². The van der Waals surface area contributed by atoms with Crippen LogP contribution in [-0.2, 0) is 34.3 Å². The summed E-state index contributed by atoms with van der Waals surface area (Å²) in [5, 5.41) is 11.5. The Labute approximate surface area is 222 Å². The Hall–Kier alpha value is -3.98. The Bertz CT molecular complexity index is 1400. The van der Waals surface area contributed by atoms with Gasteiger partial charge in [0, 0.05) is 38.6 Å². The predicted molar refractivity (Wildman–Crippen MR) is 144 cm³/mol. The lowest BCUT2D eigenvalue weighted by Gasteiger charge is -2.32. The van der Waals surface area contributed by atoms with Crippen LogP contribution in [0.25, 0.3) is 11.0 Å². The highest BCUT2D eigenvalue weighted by Gasteiger charge is 2.34. The summed E-state index contributed by atoms with van der Waals surface area (Å²) in [4.78, 5) is 29.4. The van der Waals surface area contributed by atoms with Gasteiger partial charge in [-0.15, -0.1) is 5.10 Å². The summed E-state index contributed by atoms with van der Waals surface area (Å²) in [7, 11) is 1.89. The number of nitrogens with one attached hydrogen (secondary N) is 1. The molecule has 0 unspecified atom stereocenters. The molecule has 198 valence electrons. The molecule has 0 spiro atoms. The highest BCUT2D eigenvalue weighted by Crippen LogP contribution is 2.24. The molecule has 1 saturated heterocycles.